The van der Waals surface area contributed by atoms with E-state index < -0.39 is 0 Å². The van der Waals surface area contributed by atoms with E-state index in [-0.39, 0.29) is 6.10 Å². The molecule has 0 aliphatic heterocycles. The van der Waals surface area contributed by atoms with Gasteiger partial charge in [0.25, 0.3) is 0 Å². The number of unbranched alkanes of at least 4 members (excludes halogenated alkanes) is 3. The molecule has 0 amide bonds. The predicted molar refractivity (Wildman–Crippen MR) is 132 cm³/mol. The molecule has 1 aromatic heterocycles. The van der Waals surface area contributed by atoms with Gasteiger partial charge in [-0.1, -0.05) is 52.0 Å². The van der Waals surface area contributed by atoms with Crippen molar-refractivity contribution in [1.29, 1.82) is 0 Å². The van der Waals surface area contributed by atoms with Gasteiger partial charge < -0.3 is 9.47 Å². The molecule has 3 rings (SSSR count). The highest BCUT2D eigenvalue weighted by molar-refractivity contribution is 5.69. The lowest BCUT2D eigenvalue weighted by Crippen LogP contribution is -2.19. The van der Waals surface area contributed by atoms with Gasteiger partial charge >= 0.3 is 0 Å². The minimum atomic E-state index is 0.0275. The lowest BCUT2D eigenvalue weighted by Gasteiger charge is -2.30. The Morgan fingerprint density at radius 1 is 0.969 bits per heavy atom. The molecule has 4 nitrogen and oxygen atoms in total. The van der Waals surface area contributed by atoms with Crippen LogP contribution < -0.4 is 4.74 Å². The van der Waals surface area contributed by atoms with Crippen LogP contribution in [0.5, 0.6) is 5.75 Å². The van der Waals surface area contributed by atoms with Crippen molar-refractivity contribution in [2.75, 3.05) is 13.2 Å². The van der Waals surface area contributed by atoms with E-state index in [0.29, 0.717) is 12.5 Å². The van der Waals surface area contributed by atoms with E-state index in [4.69, 9.17) is 9.47 Å². The Labute approximate surface area is 195 Å². The fourth-order valence-corrected chi connectivity index (χ4v) is 4.87. The van der Waals surface area contributed by atoms with Gasteiger partial charge in [-0.05, 0) is 80.2 Å². The summed E-state index contributed by atoms with van der Waals surface area (Å²) in [5.74, 6) is 2.44. The first-order chi connectivity index (χ1) is 15.7. The second-order valence-corrected chi connectivity index (χ2v) is 9.45. The van der Waals surface area contributed by atoms with Crippen LogP contribution in [0, 0.1) is 5.92 Å². The summed E-state index contributed by atoms with van der Waals surface area (Å²) in [6, 6.07) is 8.69. The zero-order valence-electron chi connectivity index (χ0n) is 20.4. The van der Waals surface area contributed by atoms with E-state index in [1.165, 1.54) is 62.5 Å². The molecule has 176 valence electrons. The SMILES string of the molecule is CCCCCC1CCC(c2ccc(O[C@@H](C)COCCCC)cc2-c2ccnnc2)CC1. The third kappa shape index (κ3) is 7.58. The maximum absolute atomic E-state index is 6.21. The van der Waals surface area contributed by atoms with E-state index in [9.17, 15) is 0 Å². The number of nitrogens with zero attached hydrogens (tertiary/aromatic N) is 2. The molecule has 0 radical (unpaired) electrons. The lowest BCUT2D eigenvalue weighted by molar-refractivity contribution is 0.0572. The topological polar surface area (TPSA) is 44.2 Å². The molecule has 1 aromatic carbocycles. The van der Waals surface area contributed by atoms with Crippen molar-refractivity contribution in [2.45, 2.75) is 97.0 Å². The smallest absolute Gasteiger partial charge is 0.120 e. The van der Waals surface area contributed by atoms with Crippen LogP contribution in [0.4, 0.5) is 0 Å². The van der Waals surface area contributed by atoms with E-state index in [2.05, 4.69) is 55.2 Å². The van der Waals surface area contributed by atoms with E-state index >= 15 is 0 Å². The molecule has 1 fully saturated rings. The molecule has 2 aromatic rings. The average Bonchev–Trinajstić information content (AvgIpc) is 2.83. The first kappa shape index (κ1) is 24.7. The van der Waals surface area contributed by atoms with Gasteiger partial charge in [0.05, 0.1) is 19.0 Å². The molecule has 0 spiro atoms. The van der Waals surface area contributed by atoms with Gasteiger partial charge in [-0.2, -0.15) is 10.2 Å². The third-order valence-electron chi connectivity index (χ3n) is 6.75. The Kier molecular flexibility index (Phi) is 10.5. The minimum absolute atomic E-state index is 0.0275. The van der Waals surface area contributed by atoms with Crippen LogP contribution in [-0.4, -0.2) is 29.5 Å². The molecule has 0 bridgehead atoms. The first-order valence-electron chi connectivity index (χ1n) is 12.9. The van der Waals surface area contributed by atoms with Crippen LogP contribution in [0.15, 0.2) is 36.7 Å². The maximum Gasteiger partial charge on any atom is 0.120 e. The molecule has 1 aliphatic rings. The van der Waals surface area contributed by atoms with Gasteiger partial charge in [0.1, 0.15) is 11.9 Å². The number of rotatable bonds is 13. The van der Waals surface area contributed by atoms with Crippen LogP contribution in [0.1, 0.15) is 96.5 Å². The number of aromatic nitrogens is 2. The second-order valence-electron chi connectivity index (χ2n) is 9.45. The molecular formula is C28H42N2O2. The standard InChI is InChI=1S/C28H42N2O2/c1-4-6-8-9-23-10-12-24(13-11-23)27-15-14-26(32-22(3)21-31-18-7-5-2)19-28(27)25-16-17-29-30-20-25/h14-17,19-20,22-24H,4-13,18,21H2,1-3H3/t22-,23?,24?/m0/s1. The monoisotopic (exact) mass is 438 g/mol. The van der Waals surface area contributed by atoms with Crippen LogP contribution in [0.3, 0.4) is 0 Å². The summed E-state index contributed by atoms with van der Waals surface area (Å²) in [6.07, 6.45) is 16.7. The largest absolute Gasteiger partial charge is 0.488 e. The van der Waals surface area contributed by atoms with Crippen LogP contribution in [-0.2, 0) is 4.74 Å². The summed E-state index contributed by atoms with van der Waals surface area (Å²) in [5, 5.41) is 8.12. The highest BCUT2D eigenvalue weighted by atomic mass is 16.5. The third-order valence-corrected chi connectivity index (χ3v) is 6.75. The molecule has 0 saturated heterocycles. The van der Waals surface area contributed by atoms with Crippen molar-refractivity contribution in [3.8, 4) is 16.9 Å². The number of ether oxygens (including phenoxy) is 2. The molecule has 4 heteroatoms. The van der Waals surface area contributed by atoms with Gasteiger partial charge in [-0.15, -0.1) is 0 Å². The van der Waals surface area contributed by atoms with Crippen molar-refractivity contribution >= 4 is 0 Å². The summed E-state index contributed by atoms with van der Waals surface area (Å²) >= 11 is 0. The number of benzene rings is 1. The number of hydrogen-bond donors (Lipinski definition) is 0. The summed E-state index contributed by atoms with van der Waals surface area (Å²) in [6.45, 7) is 7.97. The van der Waals surface area contributed by atoms with Gasteiger partial charge in [0.15, 0.2) is 0 Å². The normalized spacial score (nSPS) is 19.6. The van der Waals surface area contributed by atoms with Crippen molar-refractivity contribution in [1.82, 2.24) is 10.2 Å². The molecule has 1 aliphatic carbocycles. The fourth-order valence-electron chi connectivity index (χ4n) is 4.87. The Morgan fingerprint density at radius 2 is 1.78 bits per heavy atom. The Morgan fingerprint density at radius 3 is 2.50 bits per heavy atom. The van der Waals surface area contributed by atoms with Crippen molar-refractivity contribution in [2.24, 2.45) is 5.92 Å². The van der Waals surface area contributed by atoms with Gasteiger partial charge in [-0.3, -0.25) is 0 Å². The fraction of sp³-hybridized carbons (Fsp3) is 0.643. The van der Waals surface area contributed by atoms with Gasteiger partial charge in [0, 0.05) is 12.2 Å². The van der Waals surface area contributed by atoms with Crippen molar-refractivity contribution in [3.05, 3.63) is 42.2 Å². The zero-order chi connectivity index (χ0) is 22.6. The summed E-state index contributed by atoms with van der Waals surface area (Å²) < 4.78 is 12.0. The van der Waals surface area contributed by atoms with E-state index in [1.807, 2.05) is 6.20 Å². The molecule has 0 unspecified atom stereocenters. The van der Waals surface area contributed by atoms with Gasteiger partial charge in [0.2, 0.25) is 0 Å². The summed E-state index contributed by atoms with van der Waals surface area (Å²) in [7, 11) is 0. The second kappa shape index (κ2) is 13.6. The predicted octanol–water partition coefficient (Wildman–Crippen LogP) is 7.58. The Hall–Kier alpha value is -1.94. The van der Waals surface area contributed by atoms with E-state index in [0.717, 1.165) is 36.7 Å². The Bertz CT molecular complexity index is 772. The lowest BCUT2D eigenvalue weighted by atomic mass is 9.75. The van der Waals surface area contributed by atoms with E-state index in [1.54, 1.807) is 6.20 Å². The maximum atomic E-state index is 6.21. The highest BCUT2D eigenvalue weighted by Crippen LogP contribution is 2.42. The average molecular weight is 439 g/mol. The van der Waals surface area contributed by atoms with Crippen LogP contribution in [0.25, 0.3) is 11.1 Å². The van der Waals surface area contributed by atoms with Gasteiger partial charge in [-0.25, -0.2) is 0 Å². The van der Waals surface area contributed by atoms with Crippen LogP contribution >= 0.6 is 0 Å². The number of hydrogen-bond acceptors (Lipinski definition) is 4. The molecule has 32 heavy (non-hydrogen) atoms. The van der Waals surface area contributed by atoms with Crippen LogP contribution in [0.2, 0.25) is 0 Å². The first-order valence-corrected chi connectivity index (χ1v) is 12.9. The van der Waals surface area contributed by atoms with Crippen molar-refractivity contribution in [3.63, 3.8) is 0 Å². The zero-order valence-corrected chi connectivity index (χ0v) is 20.4. The Balaban J connectivity index is 1.68. The molecular weight excluding hydrogens is 396 g/mol. The molecule has 1 saturated carbocycles. The summed E-state index contributed by atoms with van der Waals surface area (Å²) in [4.78, 5) is 0. The van der Waals surface area contributed by atoms with Crippen molar-refractivity contribution < 1.29 is 9.47 Å². The highest BCUT2D eigenvalue weighted by Gasteiger charge is 2.24. The minimum Gasteiger partial charge on any atom is -0.488 e. The summed E-state index contributed by atoms with van der Waals surface area (Å²) in [5.41, 5.74) is 3.80. The quantitative estimate of drug-likeness (QED) is 0.302. The molecule has 0 N–H and O–H groups in total. The molecule has 1 heterocycles. The molecule has 1 atom stereocenters.